The number of carbonyl (C=O) groups excluding carboxylic acids is 3. The Bertz CT molecular complexity index is 947. The second-order valence-electron chi connectivity index (χ2n) is 7.35. The highest BCUT2D eigenvalue weighted by atomic mass is 32.2. The summed E-state index contributed by atoms with van der Waals surface area (Å²) in [6.45, 7) is 3.01. The van der Waals surface area contributed by atoms with E-state index >= 15 is 0 Å². The molecule has 1 saturated heterocycles. The number of benzene rings is 2. The number of hydrazine groups is 1. The van der Waals surface area contributed by atoms with Gasteiger partial charge < -0.3 is 15.0 Å². The Morgan fingerprint density at radius 3 is 2.32 bits per heavy atom. The Morgan fingerprint density at radius 1 is 1.10 bits per heavy atom. The molecule has 0 spiro atoms. The third kappa shape index (κ3) is 5.69. The smallest absolute Gasteiger partial charge is 0.276 e. The van der Waals surface area contributed by atoms with Crippen LogP contribution in [0.25, 0.3) is 0 Å². The predicted octanol–water partition coefficient (Wildman–Crippen LogP) is 2.78. The fraction of sp³-hybridized carbons (Fsp3) is 0.318. The first-order valence-corrected chi connectivity index (χ1v) is 10.7. The maximum Gasteiger partial charge on any atom is 0.276 e. The first-order valence-electron chi connectivity index (χ1n) is 9.80. The maximum atomic E-state index is 12.6. The molecule has 164 valence electrons. The lowest BCUT2D eigenvalue weighted by molar-refractivity contribution is -0.141. The van der Waals surface area contributed by atoms with E-state index in [2.05, 4.69) is 10.7 Å². The van der Waals surface area contributed by atoms with Crippen molar-refractivity contribution in [2.75, 3.05) is 30.9 Å². The Hall–Kier alpha value is -3.20. The fourth-order valence-corrected chi connectivity index (χ4v) is 4.26. The summed E-state index contributed by atoms with van der Waals surface area (Å²) in [5.41, 5.74) is 5.31. The van der Waals surface area contributed by atoms with Gasteiger partial charge in [0.15, 0.2) is 6.61 Å². The number of nitrogens with zero attached hydrogens (tertiary/aromatic N) is 2. The molecular formula is C22H26N4O4S. The zero-order valence-electron chi connectivity index (χ0n) is 17.9. The van der Waals surface area contributed by atoms with Crippen molar-refractivity contribution in [3.05, 3.63) is 54.1 Å². The van der Waals surface area contributed by atoms with E-state index in [4.69, 9.17) is 4.74 Å². The summed E-state index contributed by atoms with van der Waals surface area (Å²) in [5, 5.41) is 3.47. The number of anilines is 2. The van der Waals surface area contributed by atoms with Crippen LogP contribution in [0.15, 0.2) is 48.5 Å². The van der Waals surface area contributed by atoms with Crippen LogP contribution < -0.4 is 20.4 Å². The topological polar surface area (TPSA) is 91.0 Å². The van der Waals surface area contributed by atoms with Crippen LogP contribution in [-0.2, 0) is 14.4 Å². The molecule has 2 aromatic rings. The second-order valence-corrected chi connectivity index (χ2v) is 8.78. The van der Waals surface area contributed by atoms with E-state index in [0.717, 1.165) is 11.3 Å². The van der Waals surface area contributed by atoms with Gasteiger partial charge >= 0.3 is 0 Å². The Balaban J connectivity index is 1.61. The van der Waals surface area contributed by atoms with Crippen molar-refractivity contribution < 1.29 is 19.1 Å². The minimum atomic E-state index is -0.427. The second kappa shape index (κ2) is 9.74. The van der Waals surface area contributed by atoms with Gasteiger partial charge in [0, 0.05) is 32.4 Å². The average molecular weight is 443 g/mol. The third-order valence-electron chi connectivity index (χ3n) is 4.64. The normalized spacial score (nSPS) is 17.9. The molecule has 9 heteroatoms. The molecule has 0 saturated carbocycles. The van der Waals surface area contributed by atoms with Gasteiger partial charge in [-0.15, -0.1) is 11.8 Å². The maximum absolute atomic E-state index is 12.6. The SMILES string of the molecule is CC(=O)Nc1ccc(OCC(=O)NN2C(=O)C(C)SC2c2ccc(N(C)C)cc2)cc1. The van der Waals surface area contributed by atoms with Crippen molar-refractivity contribution in [2.24, 2.45) is 0 Å². The zero-order valence-corrected chi connectivity index (χ0v) is 18.7. The van der Waals surface area contributed by atoms with E-state index in [9.17, 15) is 14.4 Å². The highest BCUT2D eigenvalue weighted by Crippen LogP contribution is 2.42. The number of thioether (sulfide) groups is 1. The van der Waals surface area contributed by atoms with E-state index in [1.54, 1.807) is 24.3 Å². The van der Waals surface area contributed by atoms with E-state index in [0.29, 0.717) is 11.4 Å². The van der Waals surface area contributed by atoms with Gasteiger partial charge in [-0.05, 0) is 48.9 Å². The summed E-state index contributed by atoms with van der Waals surface area (Å²) in [6, 6.07) is 14.6. The van der Waals surface area contributed by atoms with Crippen LogP contribution in [0.3, 0.4) is 0 Å². The predicted molar refractivity (Wildman–Crippen MR) is 122 cm³/mol. The van der Waals surface area contributed by atoms with E-state index in [1.165, 1.54) is 23.7 Å². The molecule has 2 N–H and O–H groups in total. The number of nitrogens with one attached hydrogen (secondary N) is 2. The number of ether oxygens (including phenoxy) is 1. The number of amides is 3. The van der Waals surface area contributed by atoms with Crippen molar-refractivity contribution in [1.29, 1.82) is 0 Å². The zero-order chi connectivity index (χ0) is 22.5. The molecule has 1 fully saturated rings. The largest absolute Gasteiger partial charge is 0.484 e. The Morgan fingerprint density at radius 2 is 1.74 bits per heavy atom. The van der Waals surface area contributed by atoms with Crippen LogP contribution >= 0.6 is 11.8 Å². The molecule has 1 aliphatic rings. The lowest BCUT2D eigenvalue weighted by Gasteiger charge is -2.25. The van der Waals surface area contributed by atoms with E-state index < -0.39 is 5.91 Å². The first-order chi connectivity index (χ1) is 14.7. The van der Waals surface area contributed by atoms with Crippen molar-refractivity contribution >= 4 is 40.9 Å². The van der Waals surface area contributed by atoms with E-state index in [1.807, 2.05) is 50.2 Å². The molecule has 1 aliphatic heterocycles. The van der Waals surface area contributed by atoms with Gasteiger partial charge in [-0.3, -0.25) is 19.8 Å². The number of carbonyl (C=O) groups is 3. The quantitative estimate of drug-likeness (QED) is 0.685. The molecule has 3 amide bonds. The highest BCUT2D eigenvalue weighted by Gasteiger charge is 2.39. The summed E-state index contributed by atoms with van der Waals surface area (Å²) in [7, 11) is 3.93. The van der Waals surface area contributed by atoms with Crippen LogP contribution in [0.2, 0.25) is 0 Å². The summed E-state index contributed by atoms with van der Waals surface area (Å²) in [4.78, 5) is 38.1. The van der Waals surface area contributed by atoms with Crippen molar-refractivity contribution in [2.45, 2.75) is 24.5 Å². The van der Waals surface area contributed by atoms with Crippen LogP contribution in [0.5, 0.6) is 5.75 Å². The monoisotopic (exact) mass is 442 g/mol. The van der Waals surface area contributed by atoms with Crippen LogP contribution in [0, 0.1) is 0 Å². The van der Waals surface area contributed by atoms with Crippen molar-refractivity contribution in [1.82, 2.24) is 10.4 Å². The van der Waals surface area contributed by atoms with E-state index in [-0.39, 0.29) is 29.0 Å². The molecule has 0 radical (unpaired) electrons. The minimum Gasteiger partial charge on any atom is -0.484 e. The fourth-order valence-electron chi connectivity index (χ4n) is 3.06. The molecule has 0 aromatic heterocycles. The van der Waals surface area contributed by atoms with Gasteiger partial charge in [-0.2, -0.15) is 0 Å². The summed E-state index contributed by atoms with van der Waals surface area (Å²) >= 11 is 1.48. The third-order valence-corrected chi connectivity index (χ3v) is 5.99. The van der Waals surface area contributed by atoms with Gasteiger partial charge in [0.2, 0.25) is 5.91 Å². The number of hydrogen-bond acceptors (Lipinski definition) is 6. The molecule has 2 atom stereocenters. The minimum absolute atomic E-state index is 0.153. The van der Waals surface area contributed by atoms with Gasteiger partial charge in [0.1, 0.15) is 11.1 Å². The standard InChI is InChI=1S/C22H26N4O4S/c1-14-21(29)26(22(31-14)16-5-9-18(10-6-16)25(3)4)24-20(28)13-30-19-11-7-17(8-12-19)23-15(2)27/h5-12,14,22H,13H2,1-4H3,(H,23,27)(H,24,28). The molecule has 0 aliphatic carbocycles. The van der Waals surface area contributed by atoms with Crippen LogP contribution in [-0.4, -0.2) is 48.7 Å². The number of hydrogen-bond donors (Lipinski definition) is 2. The Kier molecular flexibility index (Phi) is 7.06. The summed E-state index contributed by atoms with van der Waals surface area (Å²) < 4.78 is 5.51. The van der Waals surface area contributed by atoms with Gasteiger partial charge in [0.25, 0.3) is 11.8 Å². The highest BCUT2D eigenvalue weighted by molar-refractivity contribution is 8.01. The molecule has 3 rings (SSSR count). The van der Waals surface area contributed by atoms with Crippen molar-refractivity contribution in [3.63, 3.8) is 0 Å². The van der Waals surface area contributed by atoms with Crippen LogP contribution in [0.4, 0.5) is 11.4 Å². The molecule has 1 heterocycles. The molecule has 2 aromatic carbocycles. The first kappa shape index (κ1) is 22.5. The summed E-state index contributed by atoms with van der Waals surface area (Å²) in [5.74, 6) is -0.263. The summed E-state index contributed by atoms with van der Waals surface area (Å²) in [6.07, 6.45) is 0. The lowest BCUT2D eigenvalue weighted by atomic mass is 10.2. The van der Waals surface area contributed by atoms with Gasteiger partial charge in [-0.25, -0.2) is 5.01 Å². The number of rotatable bonds is 7. The molecule has 8 nitrogen and oxygen atoms in total. The van der Waals surface area contributed by atoms with Crippen LogP contribution in [0.1, 0.15) is 24.8 Å². The Labute approximate surface area is 185 Å². The molecular weight excluding hydrogens is 416 g/mol. The van der Waals surface area contributed by atoms with Gasteiger partial charge in [-0.1, -0.05) is 12.1 Å². The molecule has 0 bridgehead atoms. The average Bonchev–Trinajstić information content (AvgIpc) is 3.01. The van der Waals surface area contributed by atoms with Crippen molar-refractivity contribution in [3.8, 4) is 5.75 Å². The lowest BCUT2D eigenvalue weighted by Crippen LogP contribution is -2.47. The van der Waals surface area contributed by atoms with Gasteiger partial charge in [0.05, 0.1) is 5.25 Å². The molecule has 2 unspecified atom stereocenters. The molecule has 31 heavy (non-hydrogen) atoms.